The van der Waals surface area contributed by atoms with Crippen molar-refractivity contribution in [2.24, 2.45) is 0 Å². The first kappa shape index (κ1) is 10.5. The van der Waals surface area contributed by atoms with Gasteiger partial charge in [-0.25, -0.2) is 0 Å². The maximum absolute atomic E-state index is 11.7. The second kappa shape index (κ2) is 4.65. The van der Waals surface area contributed by atoms with Crippen LogP contribution >= 0.6 is 11.3 Å². The molecule has 0 spiro atoms. The van der Waals surface area contributed by atoms with Crippen LogP contribution in [0.4, 0.5) is 5.69 Å². The molecule has 0 radical (unpaired) electrons. The summed E-state index contributed by atoms with van der Waals surface area (Å²) in [5, 5.41) is 4.67. The molecule has 16 heavy (non-hydrogen) atoms. The fourth-order valence-corrected chi connectivity index (χ4v) is 1.87. The van der Waals surface area contributed by atoms with Crippen molar-refractivity contribution in [3.63, 3.8) is 0 Å². The summed E-state index contributed by atoms with van der Waals surface area (Å²) in [4.78, 5) is 12.4. The first-order valence-electron chi connectivity index (χ1n) is 4.71. The Morgan fingerprint density at radius 3 is 2.56 bits per heavy atom. The van der Waals surface area contributed by atoms with Crippen molar-refractivity contribution in [1.29, 1.82) is 0 Å². The van der Waals surface area contributed by atoms with Gasteiger partial charge in [-0.2, -0.15) is 0 Å². The largest absolute Gasteiger partial charge is 0.321 e. The third kappa shape index (κ3) is 2.30. The maximum Gasteiger partial charge on any atom is 0.265 e. The third-order valence-corrected chi connectivity index (χ3v) is 2.92. The predicted octanol–water partition coefficient (Wildman–Crippen LogP) is 2.98. The van der Waals surface area contributed by atoms with E-state index in [2.05, 4.69) is 11.2 Å². The first-order valence-corrected chi connectivity index (χ1v) is 5.59. The summed E-state index contributed by atoms with van der Waals surface area (Å²) >= 11 is 1.41. The lowest BCUT2D eigenvalue weighted by molar-refractivity contribution is 0.103. The molecule has 0 aliphatic carbocycles. The topological polar surface area (TPSA) is 29.1 Å². The monoisotopic (exact) mass is 227 g/mol. The maximum atomic E-state index is 11.7. The van der Waals surface area contributed by atoms with Crippen LogP contribution in [0.1, 0.15) is 15.2 Å². The van der Waals surface area contributed by atoms with Crippen LogP contribution in [0.15, 0.2) is 41.8 Å². The molecule has 0 saturated heterocycles. The molecular formula is C13H9NOS. The van der Waals surface area contributed by atoms with Crippen molar-refractivity contribution in [3.05, 3.63) is 52.2 Å². The van der Waals surface area contributed by atoms with Crippen molar-refractivity contribution in [2.75, 3.05) is 5.32 Å². The highest BCUT2D eigenvalue weighted by Crippen LogP contribution is 2.13. The Labute approximate surface area is 97.9 Å². The zero-order valence-electron chi connectivity index (χ0n) is 8.44. The zero-order valence-corrected chi connectivity index (χ0v) is 9.25. The number of terminal acetylenes is 1. The molecule has 2 nitrogen and oxygen atoms in total. The van der Waals surface area contributed by atoms with E-state index in [1.165, 1.54) is 11.3 Å². The number of anilines is 1. The Hall–Kier alpha value is -2.05. The molecule has 78 valence electrons. The first-order chi connectivity index (χ1) is 7.79. The fraction of sp³-hybridized carbons (Fsp3) is 0. The zero-order chi connectivity index (χ0) is 11.4. The van der Waals surface area contributed by atoms with Crippen LogP contribution in [0.25, 0.3) is 0 Å². The van der Waals surface area contributed by atoms with Gasteiger partial charge in [-0.05, 0) is 35.7 Å². The van der Waals surface area contributed by atoms with Crippen LogP contribution in [-0.4, -0.2) is 5.91 Å². The summed E-state index contributed by atoms with van der Waals surface area (Å²) < 4.78 is 0. The van der Waals surface area contributed by atoms with Crippen LogP contribution in [-0.2, 0) is 0 Å². The lowest BCUT2D eigenvalue weighted by atomic mass is 10.2. The lowest BCUT2D eigenvalue weighted by Gasteiger charge is -2.03. The van der Waals surface area contributed by atoms with Crippen LogP contribution in [0.3, 0.4) is 0 Å². The Bertz CT molecular complexity index is 520. The standard InChI is InChI=1S/C13H9NOS/c1-2-10-5-7-11(8-6-10)14-13(15)12-4-3-9-16-12/h1,3-9H,(H,14,15). The van der Waals surface area contributed by atoms with E-state index < -0.39 is 0 Å². The average Bonchev–Trinajstić information content (AvgIpc) is 2.83. The van der Waals surface area contributed by atoms with Crippen LogP contribution in [0.5, 0.6) is 0 Å². The van der Waals surface area contributed by atoms with Gasteiger partial charge < -0.3 is 5.32 Å². The number of benzene rings is 1. The number of carbonyl (C=O) groups is 1. The van der Waals surface area contributed by atoms with E-state index in [1.54, 1.807) is 30.3 Å². The van der Waals surface area contributed by atoms with Crippen molar-refractivity contribution >= 4 is 22.9 Å². The van der Waals surface area contributed by atoms with Crippen molar-refractivity contribution < 1.29 is 4.79 Å². The van der Waals surface area contributed by atoms with Crippen LogP contribution in [0.2, 0.25) is 0 Å². The molecule has 1 heterocycles. The van der Waals surface area contributed by atoms with Gasteiger partial charge in [0.2, 0.25) is 0 Å². The normalized spacial score (nSPS) is 9.44. The molecule has 0 atom stereocenters. The summed E-state index contributed by atoms with van der Waals surface area (Å²) in [7, 11) is 0. The number of amides is 1. The molecule has 0 unspecified atom stereocenters. The molecule has 0 aliphatic heterocycles. The molecule has 3 heteroatoms. The van der Waals surface area contributed by atoms with Crippen molar-refractivity contribution in [1.82, 2.24) is 0 Å². The molecule has 1 aromatic carbocycles. The van der Waals surface area contributed by atoms with Gasteiger partial charge in [0.25, 0.3) is 5.91 Å². The summed E-state index contributed by atoms with van der Waals surface area (Å²) in [6, 6.07) is 10.8. The van der Waals surface area contributed by atoms with Crippen molar-refractivity contribution in [2.45, 2.75) is 0 Å². The highest BCUT2D eigenvalue weighted by molar-refractivity contribution is 7.12. The van der Waals surface area contributed by atoms with E-state index in [0.29, 0.717) is 4.88 Å². The Morgan fingerprint density at radius 2 is 2.00 bits per heavy atom. The number of hydrogen-bond acceptors (Lipinski definition) is 2. The molecule has 0 bridgehead atoms. The quantitative estimate of drug-likeness (QED) is 0.785. The molecule has 2 rings (SSSR count). The van der Waals surface area contributed by atoms with Crippen LogP contribution < -0.4 is 5.32 Å². The second-order valence-corrected chi connectivity index (χ2v) is 4.10. The number of thiophene rings is 1. The molecule has 1 aromatic heterocycles. The van der Waals surface area contributed by atoms with Gasteiger partial charge in [-0.15, -0.1) is 17.8 Å². The molecular weight excluding hydrogens is 218 g/mol. The molecule has 2 aromatic rings. The molecule has 0 aliphatic rings. The minimum Gasteiger partial charge on any atom is -0.321 e. The molecule has 1 amide bonds. The smallest absolute Gasteiger partial charge is 0.265 e. The van der Waals surface area contributed by atoms with Gasteiger partial charge in [-0.3, -0.25) is 4.79 Å². The van der Waals surface area contributed by atoms with E-state index in [9.17, 15) is 4.79 Å². The average molecular weight is 227 g/mol. The van der Waals surface area contributed by atoms with Gasteiger partial charge in [-0.1, -0.05) is 12.0 Å². The SMILES string of the molecule is C#Cc1ccc(NC(=O)c2cccs2)cc1. The van der Waals surface area contributed by atoms with Gasteiger partial charge in [0, 0.05) is 11.3 Å². The van der Waals surface area contributed by atoms with Gasteiger partial charge >= 0.3 is 0 Å². The van der Waals surface area contributed by atoms with Gasteiger partial charge in [0.1, 0.15) is 0 Å². The number of nitrogens with one attached hydrogen (secondary N) is 1. The Morgan fingerprint density at radius 1 is 1.25 bits per heavy atom. The summed E-state index contributed by atoms with van der Waals surface area (Å²) in [5.41, 5.74) is 1.55. The molecule has 0 saturated carbocycles. The van der Waals surface area contributed by atoms with E-state index in [1.807, 2.05) is 11.4 Å². The minimum absolute atomic E-state index is 0.0940. The molecule has 0 fully saturated rings. The van der Waals surface area contributed by atoms with Crippen LogP contribution in [0, 0.1) is 12.3 Å². The Balaban J connectivity index is 2.10. The minimum atomic E-state index is -0.0940. The second-order valence-electron chi connectivity index (χ2n) is 3.15. The van der Waals surface area contributed by atoms with Gasteiger partial charge in [0.05, 0.1) is 4.88 Å². The van der Waals surface area contributed by atoms with E-state index in [0.717, 1.165) is 11.3 Å². The lowest BCUT2D eigenvalue weighted by Crippen LogP contribution is -2.09. The Kier molecular flexibility index (Phi) is 3.04. The fourth-order valence-electron chi connectivity index (χ4n) is 1.25. The summed E-state index contributed by atoms with van der Waals surface area (Å²) in [6.45, 7) is 0. The van der Waals surface area contributed by atoms with E-state index in [-0.39, 0.29) is 5.91 Å². The number of hydrogen-bond donors (Lipinski definition) is 1. The van der Waals surface area contributed by atoms with Gasteiger partial charge in [0.15, 0.2) is 0 Å². The highest BCUT2D eigenvalue weighted by atomic mass is 32.1. The molecule has 1 N–H and O–H groups in total. The van der Waals surface area contributed by atoms with E-state index >= 15 is 0 Å². The summed E-state index contributed by atoms with van der Waals surface area (Å²) in [6.07, 6.45) is 5.24. The highest BCUT2D eigenvalue weighted by Gasteiger charge is 2.05. The number of carbonyl (C=O) groups excluding carboxylic acids is 1. The number of rotatable bonds is 2. The summed E-state index contributed by atoms with van der Waals surface area (Å²) in [5.74, 6) is 2.43. The van der Waals surface area contributed by atoms with E-state index in [4.69, 9.17) is 6.42 Å². The third-order valence-electron chi connectivity index (χ3n) is 2.05. The van der Waals surface area contributed by atoms with Crippen molar-refractivity contribution in [3.8, 4) is 12.3 Å². The predicted molar refractivity (Wildman–Crippen MR) is 66.6 cm³/mol.